The molecule has 5 nitrogen and oxygen atoms in total. The van der Waals surface area contributed by atoms with Crippen LogP contribution in [-0.4, -0.2) is 44.4 Å². The fraction of sp³-hybridized carbons (Fsp3) is 0.588. The Morgan fingerprint density at radius 2 is 2.23 bits per heavy atom. The maximum Gasteiger partial charge on any atom is 0.227 e. The standard InChI is InChI=1S/C17H26N2O3/c1-13(12-20)11-18-9-4-10-22-16-6-3-5-15-14(16)7-8-17(21)19(15)2/h3,5-6,13,18,20H,4,7-12H2,1-2H3. The fourth-order valence-electron chi connectivity index (χ4n) is 2.58. The predicted octanol–water partition coefficient (Wildman–Crippen LogP) is 1.58. The lowest BCUT2D eigenvalue weighted by atomic mass is 10.0. The number of hydrogen-bond donors (Lipinski definition) is 2. The van der Waals surface area contributed by atoms with E-state index in [9.17, 15) is 4.79 Å². The van der Waals surface area contributed by atoms with Crippen molar-refractivity contribution < 1.29 is 14.6 Å². The van der Waals surface area contributed by atoms with Gasteiger partial charge in [0.2, 0.25) is 5.91 Å². The topological polar surface area (TPSA) is 61.8 Å². The summed E-state index contributed by atoms with van der Waals surface area (Å²) in [6.45, 7) is 4.57. The first kappa shape index (κ1) is 16.8. The van der Waals surface area contributed by atoms with Crippen molar-refractivity contribution >= 4 is 11.6 Å². The number of anilines is 1. The Hall–Kier alpha value is -1.59. The van der Waals surface area contributed by atoms with Crippen molar-refractivity contribution in [2.45, 2.75) is 26.2 Å². The second-order valence-corrected chi connectivity index (χ2v) is 5.90. The summed E-state index contributed by atoms with van der Waals surface area (Å²) < 4.78 is 5.89. The van der Waals surface area contributed by atoms with Gasteiger partial charge in [0.1, 0.15) is 5.75 Å². The van der Waals surface area contributed by atoms with Gasteiger partial charge in [-0.1, -0.05) is 13.0 Å². The highest BCUT2D eigenvalue weighted by molar-refractivity contribution is 5.96. The lowest BCUT2D eigenvalue weighted by molar-refractivity contribution is -0.118. The molecule has 1 aromatic rings. The van der Waals surface area contributed by atoms with Crippen molar-refractivity contribution in [1.82, 2.24) is 5.32 Å². The molecule has 2 N–H and O–H groups in total. The third-order valence-corrected chi connectivity index (χ3v) is 3.99. The van der Waals surface area contributed by atoms with Crippen molar-refractivity contribution in [2.24, 2.45) is 5.92 Å². The molecule has 1 unspecified atom stereocenters. The van der Waals surface area contributed by atoms with Crippen LogP contribution >= 0.6 is 0 Å². The highest BCUT2D eigenvalue weighted by Gasteiger charge is 2.23. The number of benzene rings is 1. The van der Waals surface area contributed by atoms with E-state index in [-0.39, 0.29) is 18.4 Å². The van der Waals surface area contributed by atoms with Crippen molar-refractivity contribution in [2.75, 3.05) is 38.3 Å². The number of nitrogens with one attached hydrogen (secondary N) is 1. The van der Waals surface area contributed by atoms with Crippen LogP contribution in [-0.2, 0) is 11.2 Å². The van der Waals surface area contributed by atoms with Crippen LogP contribution in [0.15, 0.2) is 18.2 Å². The maximum atomic E-state index is 11.7. The van der Waals surface area contributed by atoms with Gasteiger partial charge in [-0.25, -0.2) is 0 Å². The van der Waals surface area contributed by atoms with Crippen LogP contribution in [0.5, 0.6) is 5.75 Å². The third kappa shape index (κ3) is 4.21. The Balaban J connectivity index is 1.81. The molecule has 5 heteroatoms. The van der Waals surface area contributed by atoms with E-state index in [1.165, 1.54) is 0 Å². The van der Waals surface area contributed by atoms with E-state index in [2.05, 4.69) is 5.32 Å². The number of aliphatic hydroxyl groups is 1. The molecule has 22 heavy (non-hydrogen) atoms. The van der Waals surface area contributed by atoms with Crippen molar-refractivity contribution in [1.29, 1.82) is 0 Å². The lowest BCUT2D eigenvalue weighted by Crippen LogP contribution is -2.31. The van der Waals surface area contributed by atoms with Gasteiger partial charge in [0.15, 0.2) is 0 Å². The van der Waals surface area contributed by atoms with Gasteiger partial charge in [0.05, 0.1) is 12.3 Å². The summed E-state index contributed by atoms with van der Waals surface area (Å²) in [6.07, 6.45) is 2.21. The van der Waals surface area contributed by atoms with E-state index in [4.69, 9.17) is 9.84 Å². The zero-order valence-electron chi connectivity index (χ0n) is 13.5. The summed E-state index contributed by atoms with van der Waals surface area (Å²) in [6, 6.07) is 5.88. The van der Waals surface area contributed by atoms with E-state index < -0.39 is 0 Å². The molecule has 0 bridgehead atoms. The average Bonchev–Trinajstić information content (AvgIpc) is 2.54. The first-order chi connectivity index (χ1) is 10.6. The summed E-state index contributed by atoms with van der Waals surface area (Å²) in [5, 5.41) is 12.3. The smallest absolute Gasteiger partial charge is 0.227 e. The second kappa shape index (κ2) is 8.15. The molecule has 122 valence electrons. The quantitative estimate of drug-likeness (QED) is 0.716. The Morgan fingerprint density at radius 1 is 1.41 bits per heavy atom. The fourth-order valence-corrected chi connectivity index (χ4v) is 2.58. The molecule has 1 aliphatic heterocycles. The van der Waals surface area contributed by atoms with E-state index in [0.717, 1.165) is 42.9 Å². The molecule has 1 atom stereocenters. The van der Waals surface area contributed by atoms with Gasteiger partial charge in [-0.3, -0.25) is 4.79 Å². The van der Waals surface area contributed by atoms with Crippen LogP contribution in [0.25, 0.3) is 0 Å². The Bertz CT molecular complexity index is 505. The number of carbonyl (C=O) groups excluding carboxylic acids is 1. The minimum absolute atomic E-state index is 0.159. The predicted molar refractivity (Wildman–Crippen MR) is 87.4 cm³/mol. The third-order valence-electron chi connectivity index (χ3n) is 3.99. The molecule has 1 aliphatic rings. The molecule has 0 radical (unpaired) electrons. The van der Waals surface area contributed by atoms with Gasteiger partial charge in [-0.05, 0) is 44.0 Å². The molecular weight excluding hydrogens is 280 g/mol. The Morgan fingerprint density at radius 3 is 3.00 bits per heavy atom. The molecule has 0 aliphatic carbocycles. The number of hydrogen-bond acceptors (Lipinski definition) is 4. The monoisotopic (exact) mass is 306 g/mol. The highest BCUT2D eigenvalue weighted by atomic mass is 16.5. The molecule has 0 spiro atoms. The molecule has 0 fully saturated rings. The van der Waals surface area contributed by atoms with Crippen molar-refractivity contribution in [3.8, 4) is 5.75 Å². The first-order valence-corrected chi connectivity index (χ1v) is 7.96. The van der Waals surface area contributed by atoms with E-state index in [1.807, 2.05) is 32.2 Å². The molecule has 2 rings (SSSR count). The largest absolute Gasteiger partial charge is 0.493 e. The number of amides is 1. The number of aliphatic hydroxyl groups excluding tert-OH is 1. The number of fused-ring (bicyclic) bond motifs is 1. The molecule has 0 saturated heterocycles. The summed E-state index contributed by atoms with van der Waals surface area (Å²) in [5.41, 5.74) is 2.09. The normalized spacial score (nSPS) is 15.6. The minimum Gasteiger partial charge on any atom is -0.493 e. The Kier molecular flexibility index (Phi) is 6.21. The van der Waals surface area contributed by atoms with Crippen LogP contribution < -0.4 is 15.0 Å². The lowest BCUT2D eigenvalue weighted by Gasteiger charge is -2.27. The maximum absolute atomic E-state index is 11.7. The number of carbonyl (C=O) groups is 1. The van der Waals surface area contributed by atoms with Crippen LogP contribution in [0.1, 0.15) is 25.3 Å². The summed E-state index contributed by atoms with van der Waals surface area (Å²) in [7, 11) is 1.82. The van der Waals surface area contributed by atoms with Crippen LogP contribution in [0.2, 0.25) is 0 Å². The van der Waals surface area contributed by atoms with Crippen LogP contribution in [0.3, 0.4) is 0 Å². The van der Waals surface area contributed by atoms with Gasteiger partial charge in [0, 0.05) is 25.6 Å². The molecule has 1 amide bonds. The zero-order valence-corrected chi connectivity index (χ0v) is 13.5. The van der Waals surface area contributed by atoms with E-state index in [1.54, 1.807) is 4.90 Å². The van der Waals surface area contributed by atoms with Gasteiger partial charge < -0.3 is 20.1 Å². The van der Waals surface area contributed by atoms with Crippen LogP contribution in [0, 0.1) is 5.92 Å². The zero-order chi connectivity index (χ0) is 15.9. The highest BCUT2D eigenvalue weighted by Crippen LogP contribution is 2.33. The number of nitrogens with zero attached hydrogens (tertiary/aromatic N) is 1. The first-order valence-electron chi connectivity index (χ1n) is 7.96. The Labute approximate surface area is 132 Å². The molecule has 1 heterocycles. The van der Waals surface area contributed by atoms with Gasteiger partial charge in [0.25, 0.3) is 0 Å². The number of ether oxygens (including phenoxy) is 1. The number of rotatable bonds is 8. The molecule has 0 aromatic heterocycles. The average molecular weight is 306 g/mol. The van der Waals surface area contributed by atoms with Gasteiger partial charge in [-0.15, -0.1) is 0 Å². The minimum atomic E-state index is 0.159. The molecule has 0 saturated carbocycles. The summed E-state index contributed by atoms with van der Waals surface area (Å²) in [4.78, 5) is 13.5. The van der Waals surface area contributed by atoms with Crippen molar-refractivity contribution in [3.05, 3.63) is 23.8 Å². The summed E-state index contributed by atoms with van der Waals surface area (Å²) >= 11 is 0. The molecular formula is C17H26N2O3. The summed E-state index contributed by atoms with van der Waals surface area (Å²) in [5.74, 6) is 1.34. The van der Waals surface area contributed by atoms with Crippen LogP contribution in [0.4, 0.5) is 5.69 Å². The van der Waals surface area contributed by atoms with Gasteiger partial charge in [-0.2, -0.15) is 0 Å². The van der Waals surface area contributed by atoms with Crippen molar-refractivity contribution in [3.63, 3.8) is 0 Å². The molecule has 1 aromatic carbocycles. The second-order valence-electron chi connectivity index (χ2n) is 5.90. The van der Waals surface area contributed by atoms with Gasteiger partial charge >= 0.3 is 0 Å². The van der Waals surface area contributed by atoms with E-state index >= 15 is 0 Å². The van der Waals surface area contributed by atoms with E-state index in [0.29, 0.717) is 13.0 Å². The SMILES string of the molecule is CC(CO)CNCCCOc1cccc2c1CCC(=O)N2C.